The summed E-state index contributed by atoms with van der Waals surface area (Å²) < 4.78 is 0. The van der Waals surface area contributed by atoms with Gasteiger partial charge in [-0.3, -0.25) is 4.79 Å². The van der Waals surface area contributed by atoms with Crippen LogP contribution in [-0.4, -0.2) is 5.78 Å². The van der Waals surface area contributed by atoms with E-state index in [9.17, 15) is 4.79 Å². The van der Waals surface area contributed by atoms with Crippen molar-refractivity contribution in [3.8, 4) is 0 Å². The highest BCUT2D eigenvalue weighted by Crippen LogP contribution is 2.34. The van der Waals surface area contributed by atoms with Gasteiger partial charge in [0.1, 0.15) is 5.78 Å². The predicted octanol–water partition coefficient (Wildman–Crippen LogP) is 3.51. The zero-order chi connectivity index (χ0) is 12.5. The molecule has 1 aliphatic rings. The first-order valence-corrected chi connectivity index (χ1v) is 6.43. The van der Waals surface area contributed by atoms with Crippen LogP contribution in [-0.2, 0) is 17.6 Å². The van der Waals surface area contributed by atoms with Crippen LogP contribution in [0.5, 0.6) is 0 Å². The Morgan fingerprint density at radius 2 is 1.33 bits per heavy atom. The highest BCUT2D eigenvalue weighted by molar-refractivity contribution is 5.88. The first-order valence-electron chi connectivity index (χ1n) is 6.43. The van der Waals surface area contributed by atoms with Crippen molar-refractivity contribution in [1.82, 2.24) is 0 Å². The number of carbonyl (C=O) groups is 1. The Morgan fingerprint density at radius 1 is 0.889 bits per heavy atom. The number of ketones is 1. The standard InChI is InChI=1S/C17H16O/c1-12(18)17-15-8-4-2-6-13(15)10-11-14-7-3-5-9-16(14)17/h2-9,17H,10-11H2,1H3. The average molecular weight is 236 g/mol. The molecule has 0 heterocycles. The van der Waals surface area contributed by atoms with E-state index in [1.54, 1.807) is 6.92 Å². The van der Waals surface area contributed by atoms with E-state index < -0.39 is 0 Å². The molecule has 0 amide bonds. The molecule has 90 valence electrons. The minimum atomic E-state index is -0.0834. The SMILES string of the molecule is CC(=O)C1c2ccccc2CCc2ccccc21. The second-order valence-corrected chi connectivity index (χ2v) is 4.94. The molecule has 1 heteroatoms. The minimum absolute atomic E-state index is 0.0834. The van der Waals surface area contributed by atoms with E-state index in [1.165, 1.54) is 22.3 Å². The molecule has 0 aliphatic heterocycles. The van der Waals surface area contributed by atoms with Crippen molar-refractivity contribution in [3.63, 3.8) is 0 Å². The molecule has 0 N–H and O–H groups in total. The van der Waals surface area contributed by atoms with Gasteiger partial charge >= 0.3 is 0 Å². The fraction of sp³-hybridized carbons (Fsp3) is 0.235. The van der Waals surface area contributed by atoms with Crippen LogP contribution in [0.15, 0.2) is 48.5 Å². The Kier molecular flexibility index (Phi) is 2.75. The third-order valence-electron chi connectivity index (χ3n) is 3.80. The van der Waals surface area contributed by atoms with E-state index in [-0.39, 0.29) is 11.7 Å². The van der Waals surface area contributed by atoms with Crippen LogP contribution in [0, 0.1) is 0 Å². The Morgan fingerprint density at radius 3 is 1.78 bits per heavy atom. The van der Waals surface area contributed by atoms with Crippen molar-refractivity contribution < 1.29 is 4.79 Å². The second kappa shape index (κ2) is 4.41. The fourth-order valence-corrected chi connectivity index (χ4v) is 2.96. The number of carbonyl (C=O) groups excluding carboxylic acids is 1. The molecule has 0 spiro atoms. The van der Waals surface area contributed by atoms with Gasteiger partial charge in [0, 0.05) is 0 Å². The molecule has 18 heavy (non-hydrogen) atoms. The van der Waals surface area contributed by atoms with Crippen LogP contribution in [0.4, 0.5) is 0 Å². The molecule has 2 aromatic rings. The summed E-state index contributed by atoms with van der Waals surface area (Å²) in [6, 6.07) is 16.7. The summed E-state index contributed by atoms with van der Waals surface area (Å²) in [7, 11) is 0. The number of aryl methyl sites for hydroxylation is 2. The lowest BCUT2D eigenvalue weighted by Crippen LogP contribution is -2.12. The van der Waals surface area contributed by atoms with Crippen LogP contribution in [0.1, 0.15) is 35.1 Å². The van der Waals surface area contributed by atoms with Crippen LogP contribution < -0.4 is 0 Å². The second-order valence-electron chi connectivity index (χ2n) is 4.94. The summed E-state index contributed by atoms with van der Waals surface area (Å²) in [6.45, 7) is 1.70. The fourth-order valence-electron chi connectivity index (χ4n) is 2.96. The van der Waals surface area contributed by atoms with E-state index in [0.29, 0.717) is 0 Å². The Bertz CT molecular complexity index is 551. The summed E-state index contributed by atoms with van der Waals surface area (Å²) in [4.78, 5) is 12.1. The lowest BCUT2D eigenvalue weighted by atomic mass is 9.85. The van der Waals surface area contributed by atoms with Gasteiger partial charge in [0.05, 0.1) is 5.92 Å². The summed E-state index contributed by atoms with van der Waals surface area (Å²) in [5.74, 6) is 0.150. The summed E-state index contributed by atoms with van der Waals surface area (Å²) in [6.07, 6.45) is 2.05. The van der Waals surface area contributed by atoms with E-state index >= 15 is 0 Å². The molecule has 0 saturated heterocycles. The van der Waals surface area contributed by atoms with Crippen LogP contribution in [0.25, 0.3) is 0 Å². The quantitative estimate of drug-likeness (QED) is 0.740. The Balaban J connectivity index is 2.24. The molecule has 0 atom stereocenters. The van der Waals surface area contributed by atoms with Crippen molar-refractivity contribution in [2.75, 3.05) is 0 Å². The number of rotatable bonds is 1. The number of Topliss-reactive ketones (excluding diaryl/α,β-unsaturated/α-hetero) is 1. The van der Waals surface area contributed by atoms with E-state index in [0.717, 1.165) is 12.8 Å². The number of fused-ring (bicyclic) bond motifs is 2. The van der Waals surface area contributed by atoms with Crippen LogP contribution >= 0.6 is 0 Å². The zero-order valence-electron chi connectivity index (χ0n) is 10.5. The highest BCUT2D eigenvalue weighted by atomic mass is 16.1. The van der Waals surface area contributed by atoms with Crippen molar-refractivity contribution in [3.05, 3.63) is 70.8 Å². The number of benzene rings is 2. The van der Waals surface area contributed by atoms with Gasteiger partial charge in [-0.05, 0) is 42.0 Å². The van der Waals surface area contributed by atoms with E-state index in [1.807, 2.05) is 12.1 Å². The van der Waals surface area contributed by atoms with Gasteiger partial charge in [-0.2, -0.15) is 0 Å². The maximum atomic E-state index is 12.1. The number of hydrogen-bond acceptors (Lipinski definition) is 1. The smallest absolute Gasteiger partial charge is 0.141 e. The first-order chi connectivity index (χ1) is 8.77. The Hall–Kier alpha value is -1.89. The van der Waals surface area contributed by atoms with Crippen LogP contribution in [0.3, 0.4) is 0 Å². The van der Waals surface area contributed by atoms with Gasteiger partial charge in [0.2, 0.25) is 0 Å². The minimum Gasteiger partial charge on any atom is -0.299 e. The summed E-state index contributed by atoms with van der Waals surface area (Å²) in [5, 5.41) is 0. The van der Waals surface area contributed by atoms with Gasteiger partial charge in [0.25, 0.3) is 0 Å². The maximum Gasteiger partial charge on any atom is 0.141 e. The van der Waals surface area contributed by atoms with Gasteiger partial charge in [0.15, 0.2) is 0 Å². The predicted molar refractivity (Wildman–Crippen MR) is 72.8 cm³/mol. The molecule has 0 bridgehead atoms. The van der Waals surface area contributed by atoms with Gasteiger partial charge < -0.3 is 0 Å². The van der Waals surface area contributed by atoms with E-state index in [4.69, 9.17) is 0 Å². The summed E-state index contributed by atoms with van der Waals surface area (Å²) >= 11 is 0. The molecule has 2 aromatic carbocycles. The van der Waals surface area contributed by atoms with Gasteiger partial charge in [-0.1, -0.05) is 48.5 Å². The molecule has 0 unspecified atom stereocenters. The normalized spacial score (nSPS) is 14.5. The maximum absolute atomic E-state index is 12.1. The van der Waals surface area contributed by atoms with Crippen LogP contribution in [0.2, 0.25) is 0 Å². The van der Waals surface area contributed by atoms with Crippen molar-refractivity contribution in [2.24, 2.45) is 0 Å². The number of hydrogen-bond donors (Lipinski definition) is 0. The molecule has 3 rings (SSSR count). The van der Waals surface area contributed by atoms with Crippen molar-refractivity contribution in [1.29, 1.82) is 0 Å². The lowest BCUT2D eigenvalue weighted by molar-refractivity contribution is -0.117. The largest absolute Gasteiger partial charge is 0.299 e. The topological polar surface area (TPSA) is 17.1 Å². The third kappa shape index (κ3) is 1.76. The third-order valence-corrected chi connectivity index (χ3v) is 3.80. The molecular formula is C17H16O. The highest BCUT2D eigenvalue weighted by Gasteiger charge is 2.26. The monoisotopic (exact) mass is 236 g/mol. The average Bonchev–Trinajstić information content (AvgIpc) is 2.55. The molecule has 0 saturated carbocycles. The molecule has 0 radical (unpaired) electrons. The van der Waals surface area contributed by atoms with Crippen molar-refractivity contribution in [2.45, 2.75) is 25.7 Å². The molecule has 0 aromatic heterocycles. The summed E-state index contributed by atoms with van der Waals surface area (Å²) in [5.41, 5.74) is 5.01. The van der Waals surface area contributed by atoms with E-state index in [2.05, 4.69) is 36.4 Å². The first kappa shape index (κ1) is 11.2. The molecule has 1 nitrogen and oxygen atoms in total. The zero-order valence-corrected chi connectivity index (χ0v) is 10.5. The Labute approximate surface area is 107 Å². The lowest BCUT2D eigenvalue weighted by Gasteiger charge is -2.17. The van der Waals surface area contributed by atoms with Gasteiger partial charge in [-0.25, -0.2) is 0 Å². The van der Waals surface area contributed by atoms with Crippen molar-refractivity contribution >= 4 is 5.78 Å². The molecular weight excluding hydrogens is 220 g/mol. The molecule has 0 fully saturated rings. The molecule has 1 aliphatic carbocycles. The van der Waals surface area contributed by atoms with Gasteiger partial charge in [-0.15, -0.1) is 0 Å².